The summed E-state index contributed by atoms with van der Waals surface area (Å²) in [5.74, 6) is 0. The van der Waals surface area contributed by atoms with Crippen molar-refractivity contribution in [3.8, 4) is 0 Å². The second-order valence-corrected chi connectivity index (χ2v) is 4.65. The van der Waals surface area contributed by atoms with Gasteiger partial charge in [-0.15, -0.1) is 0 Å². The lowest BCUT2D eigenvalue weighted by molar-refractivity contribution is 0.694. The van der Waals surface area contributed by atoms with Gasteiger partial charge in [0.05, 0.1) is 17.9 Å². The zero-order valence-corrected chi connectivity index (χ0v) is 10.6. The van der Waals surface area contributed by atoms with Crippen LogP contribution in [0.3, 0.4) is 0 Å². The minimum Gasteiger partial charge on any atom is -0.322 e. The first-order chi connectivity index (χ1) is 7.65. The van der Waals surface area contributed by atoms with Crippen LogP contribution >= 0.6 is 15.9 Å². The third kappa shape index (κ3) is 2.68. The highest BCUT2D eigenvalue weighted by Crippen LogP contribution is 2.15. The maximum atomic E-state index is 6.07. The first-order valence-corrected chi connectivity index (χ1v) is 5.79. The topological polar surface area (TPSA) is 56.7 Å². The molecule has 0 aliphatic rings. The molecule has 5 heteroatoms. The van der Waals surface area contributed by atoms with Crippen LogP contribution in [0.4, 0.5) is 0 Å². The zero-order chi connectivity index (χ0) is 11.5. The molecule has 2 rings (SSSR count). The summed E-state index contributed by atoms with van der Waals surface area (Å²) in [7, 11) is 1.90. The van der Waals surface area contributed by atoms with Gasteiger partial charge in [-0.1, -0.05) is 0 Å². The lowest BCUT2D eigenvalue weighted by Crippen LogP contribution is -2.14. The van der Waals surface area contributed by atoms with E-state index >= 15 is 0 Å². The summed E-state index contributed by atoms with van der Waals surface area (Å²) >= 11 is 3.35. The molecule has 0 saturated heterocycles. The third-order valence-corrected chi connectivity index (χ3v) is 2.81. The maximum Gasteiger partial charge on any atom is 0.0575 e. The van der Waals surface area contributed by atoms with E-state index < -0.39 is 0 Å². The fourth-order valence-electron chi connectivity index (χ4n) is 1.54. The fourth-order valence-corrected chi connectivity index (χ4v) is 1.78. The van der Waals surface area contributed by atoms with E-state index in [9.17, 15) is 0 Å². The van der Waals surface area contributed by atoms with Crippen molar-refractivity contribution in [2.75, 3.05) is 0 Å². The Morgan fingerprint density at radius 3 is 2.81 bits per heavy atom. The molecule has 4 nitrogen and oxygen atoms in total. The Morgan fingerprint density at radius 2 is 2.25 bits per heavy atom. The van der Waals surface area contributed by atoms with Crippen LogP contribution in [0, 0.1) is 0 Å². The quantitative estimate of drug-likeness (QED) is 0.933. The van der Waals surface area contributed by atoms with Crippen molar-refractivity contribution >= 4 is 15.9 Å². The first kappa shape index (κ1) is 11.3. The van der Waals surface area contributed by atoms with Gasteiger partial charge in [0.15, 0.2) is 0 Å². The second-order valence-electron chi connectivity index (χ2n) is 3.73. The van der Waals surface area contributed by atoms with Gasteiger partial charge in [-0.05, 0) is 40.0 Å². The average Bonchev–Trinajstić information content (AvgIpc) is 2.65. The molecular weight excluding hydrogens is 268 g/mol. The predicted octanol–water partition coefficient (Wildman–Crippen LogP) is 1.82. The monoisotopic (exact) mass is 280 g/mol. The molecule has 0 fully saturated rings. The lowest BCUT2D eigenvalue weighted by Gasteiger charge is -2.09. The summed E-state index contributed by atoms with van der Waals surface area (Å²) in [5.41, 5.74) is 8.09. The van der Waals surface area contributed by atoms with E-state index in [0.29, 0.717) is 0 Å². The van der Waals surface area contributed by atoms with E-state index in [4.69, 9.17) is 5.73 Å². The van der Waals surface area contributed by atoms with Crippen LogP contribution in [0.5, 0.6) is 0 Å². The van der Waals surface area contributed by atoms with Crippen molar-refractivity contribution < 1.29 is 0 Å². The summed E-state index contributed by atoms with van der Waals surface area (Å²) in [6.07, 6.45) is 6.32. The minimum absolute atomic E-state index is 0.0858. The Labute approximate surface area is 103 Å². The SMILES string of the molecule is Cn1cc(CC(N)c2ccc(Br)cn2)cn1. The molecule has 2 heterocycles. The second kappa shape index (κ2) is 4.76. The molecule has 84 valence electrons. The van der Waals surface area contributed by atoms with Gasteiger partial charge in [-0.25, -0.2) is 0 Å². The van der Waals surface area contributed by atoms with E-state index in [-0.39, 0.29) is 6.04 Å². The van der Waals surface area contributed by atoms with Gasteiger partial charge in [0.1, 0.15) is 0 Å². The molecule has 0 bridgehead atoms. The molecule has 0 amide bonds. The van der Waals surface area contributed by atoms with Gasteiger partial charge >= 0.3 is 0 Å². The standard InChI is InChI=1S/C11H13BrN4/c1-16-7-8(5-15-16)4-10(13)11-3-2-9(12)6-14-11/h2-3,5-7,10H,4,13H2,1H3. The van der Waals surface area contributed by atoms with Crippen molar-refractivity contribution in [1.82, 2.24) is 14.8 Å². The number of hydrogen-bond acceptors (Lipinski definition) is 3. The molecule has 1 unspecified atom stereocenters. The number of pyridine rings is 1. The third-order valence-electron chi connectivity index (χ3n) is 2.34. The molecule has 0 radical (unpaired) electrons. The summed E-state index contributed by atoms with van der Waals surface area (Å²) < 4.78 is 2.74. The largest absolute Gasteiger partial charge is 0.322 e. The van der Waals surface area contributed by atoms with Crippen LogP contribution in [0.25, 0.3) is 0 Å². The van der Waals surface area contributed by atoms with Crippen LogP contribution in [0.1, 0.15) is 17.3 Å². The molecule has 0 saturated carbocycles. The normalized spacial score (nSPS) is 12.7. The first-order valence-electron chi connectivity index (χ1n) is 4.99. The number of aryl methyl sites for hydroxylation is 1. The Morgan fingerprint density at radius 1 is 1.44 bits per heavy atom. The Kier molecular flexibility index (Phi) is 3.36. The molecule has 0 aromatic carbocycles. The molecule has 1 atom stereocenters. The number of nitrogens with two attached hydrogens (primary N) is 1. The van der Waals surface area contributed by atoms with Crippen LogP contribution < -0.4 is 5.73 Å². The van der Waals surface area contributed by atoms with Gasteiger partial charge in [-0.3, -0.25) is 9.67 Å². The van der Waals surface area contributed by atoms with Crippen LogP contribution in [0.2, 0.25) is 0 Å². The Hall–Kier alpha value is -1.20. The predicted molar refractivity (Wildman–Crippen MR) is 65.8 cm³/mol. The average molecular weight is 281 g/mol. The highest BCUT2D eigenvalue weighted by molar-refractivity contribution is 9.10. The fraction of sp³-hybridized carbons (Fsp3) is 0.273. The van der Waals surface area contributed by atoms with Gasteiger partial charge in [0, 0.05) is 23.9 Å². The van der Waals surface area contributed by atoms with Crippen molar-refractivity contribution in [2.24, 2.45) is 12.8 Å². The number of hydrogen-bond donors (Lipinski definition) is 1. The maximum absolute atomic E-state index is 6.07. The molecule has 2 aromatic rings. The van der Waals surface area contributed by atoms with Crippen LogP contribution in [0.15, 0.2) is 35.2 Å². The van der Waals surface area contributed by atoms with Crippen molar-refractivity contribution in [1.29, 1.82) is 0 Å². The van der Waals surface area contributed by atoms with Crippen molar-refractivity contribution in [2.45, 2.75) is 12.5 Å². The smallest absolute Gasteiger partial charge is 0.0575 e. The van der Waals surface area contributed by atoms with E-state index in [2.05, 4.69) is 26.0 Å². The summed E-state index contributed by atoms with van der Waals surface area (Å²) in [5, 5.41) is 4.11. The molecule has 0 aliphatic heterocycles. The molecule has 2 N–H and O–H groups in total. The molecule has 0 spiro atoms. The Bertz CT molecular complexity index is 463. The van der Waals surface area contributed by atoms with Crippen LogP contribution in [-0.2, 0) is 13.5 Å². The summed E-state index contributed by atoms with van der Waals surface area (Å²) in [4.78, 5) is 4.28. The Balaban J connectivity index is 2.08. The number of aromatic nitrogens is 3. The minimum atomic E-state index is -0.0858. The van der Waals surface area contributed by atoms with E-state index in [1.165, 1.54) is 0 Å². The molecule has 0 aliphatic carbocycles. The van der Waals surface area contributed by atoms with E-state index in [0.717, 1.165) is 22.2 Å². The highest BCUT2D eigenvalue weighted by atomic mass is 79.9. The van der Waals surface area contributed by atoms with Gasteiger partial charge in [0.2, 0.25) is 0 Å². The molecule has 16 heavy (non-hydrogen) atoms. The van der Waals surface area contributed by atoms with E-state index in [1.54, 1.807) is 10.9 Å². The number of halogens is 1. The molecular formula is C11H13BrN4. The van der Waals surface area contributed by atoms with Gasteiger partial charge in [0.25, 0.3) is 0 Å². The van der Waals surface area contributed by atoms with E-state index in [1.807, 2.05) is 31.6 Å². The molecule has 2 aromatic heterocycles. The van der Waals surface area contributed by atoms with Crippen molar-refractivity contribution in [3.63, 3.8) is 0 Å². The summed E-state index contributed by atoms with van der Waals surface area (Å²) in [6, 6.07) is 3.80. The van der Waals surface area contributed by atoms with Crippen LogP contribution in [-0.4, -0.2) is 14.8 Å². The number of nitrogens with zero attached hydrogens (tertiary/aromatic N) is 3. The van der Waals surface area contributed by atoms with Crippen molar-refractivity contribution in [3.05, 3.63) is 46.5 Å². The number of rotatable bonds is 3. The summed E-state index contributed by atoms with van der Waals surface area (Å²) in [6.45, 7) is 0. The van der Waals surface area contributed by atoms with Gasteiger partial charge < -0.3 is 5.73 Å². The highest BCUT2D eigenvalue weighted by Gasteiger charge is 2.09. The zero-order valence-electron chi connectivity index (χ0n) is 8.97. The van der Waals surface area contributed by atoms with Gasteiger partial charge in [-0.2, -0.15) is 5.10 Å². The lowest BCUT2D eigenvalue weighted by atomic mass is 10.1.